The van der Waals surface area contributed by atoms with E-state index in [1.807, 2.05) is 25.1 Å². The third-order valence-corrected chi connectivity index (χ3v) is 2.64. The number of carboxylic acid groups (broad SMARTS) is 1. The van der Waals surface area contributed by atoms with E-state index < -0.39 is 5.97 Å². The van der Waals surface area contributed by atoms with Crippen LogP contribution in [0.15, 0.2) is 24.3 Å². The monoisotopic (exact) mass is 231 g/mol. The standard InChI is InChI=1S/C13H13NO3/c1-8-10(5-6-13(15)16)11-4-3-9(17-2)7-12(11)14-8/h3-7,14H,1-2H3,(H,15,16)/b6-5+. The first-order chi connectivity index (χ1) is 8.11. The van der Waals surface area contributed by atoms with E-state index in [-0.39, 0.29) is 0 Å². The Balaban J connectivity index is 2.56. The molecule has 17 heavy (non-hydrogen) atoms. The van der Waals surface area contributed by atoms with Crippen molar-refractivity contribution < 1.29 is 14.6 Å². The normalized spacial score (nSPS) is 11.2. The molecular formula is C13H13NO3. The second kappa shape index (κ2) is 4.33. The van der Waals surface area contributed by atoms with Crippen LogP contribution in [-0.2, 0) is 4.79 Å². The molecule has 1 aromatic heterocycles. The minimum Gasteiger partial charge on any atom is -0.497 e. The fourth-order valence-corrected chi connectivity index (χ4v) is 1.83. The van der Waals surface area contributed by atoms with Crippen molar-refractivity contribution in [1.82, 2.24) is 4.98 Å². The van der Waals surface area contributed by atoms with Gasteiger partial charge in [-0.15, -0.1) is 0 Å². The molecule has 88 valence electrons. The van der Waals surface area contributed by atoms with Crippen LogP contribution in [-0.4, -0.2) is 23.2 Å². The van der Waals surface area contributed by atoms with Gasteiger partial charge in [0.2, 0.25) is 0 Å². The second-order valence-electron chi connectivity index (χ2n) is 3.75. The van der Waals surface area contributed by atoms with Gasteiger partial charge in [-0.05, 0) is 25.1 Å². The average molecular weight is 231 g/mol. The summed E-state index contributed by atoms with van der Waals surface area (Å²) < 4.78 is 5.14. The molecule has 2 N–H and O–H groups in total. The number of carbonyl (C=O) groups is 1. The molecule has 0 aliphatic carbocycles. The van der Waals surface area contributed by atoms with Crippen molar-refractivity contribution in [3.8, 4) is 5.75 Å². The maximum Gasteiger partial charge on any atom is 0.328 e. The van der Waals surface area contributed by atoms with Gasteiger partial charge in [-0.3, -0.25) is 0 Å². The summed E-state index contributed by atoms with van der Waals surface area (Å²) in [5, 5.41) is 9.63. The van der Waals surface area contributed by atoms with Crippen LogP contribution in [0.1, 0.15) is 11.3 Å². The van der Waals surface area contributed by atoms with Crippen molar-refractivity contribution in [2.45, 2.75) is 6.92 Å². The topological polar surface area (TPSA) is 62.3 Å². The van der Waals surface area contributed by atoms with Crippen LogP contribution < -0.4 is 4.74 Å². The number of aromatic nitrogens is 1. The lowest BCUT2D eigenvalue weighted by atomic mass is 10.1. The number of carboxylic acids is 1. The number of ether oxygens (including phenoxy) is 1. The number of aliphatic carboxylic acids is 1. The van der Waals surface area contributed by atoms with E-state index >= 15 is 0 Å². The van der Waals surface area contributed by atoms with Crippen LogP contribution in [0.3, 0.4) is 0 Å². The molecule has 2 rings (SSSR count). The zero-order valence-electron chi connectivity index (χ0n) is 9.65. The number of aryl methyl sites for hydroxylation is 1. The van der Waals surface area contributed by atoms with Crippen LogP contribution >= 0.6 is 0 Å². The van der Waals surface area contributed by atoms with Crippen LogP contribution in [0.25, 0.3) is 17.0 Å². The number of hydrogen-bond donors (Lipinski definition) is 2. The molecule has 0 fully saturated rings. The predicted molar refractivity (Wildman–Crippen MR) is 66.3 cm³/mol. The minimum absolute atomic E-state index is 0.771. The summed E-state index contributed by atoms with van der Waals surface area (Å²) in [7, 11) is 1.61. The molecule has 0 aliphatic heterocycles. The van der Waals surface area contributed by atoms with E-state index in [2.05, 4.69) is 4.98 Å². The summed E-state index contributed by atoms with van der Waals surface area (Å²) in [5.41, 5.74) is 2.77. The highest BCUT2D eigenvalue weighted by Gasteiger charge is 2.06. The molecule has 0 saturated heterocycles. The van der Waals surface area contributed by atoms with Crippen molar-refractivity contribution in [1.29, 1.82) is 0 Å². The predicted octanol–water partition coefficient (Wildman–Crippen LogP) is 2.58. The number of fused-ring (bicyclic) bond motifs is 1. The smallest absolute Gasteiger partial charge is 0.328 e. The quantitative estimate of drug-likeness (QED) is 0.798. The molecule has 4 nitrogen and oxygen atoms in total. The van der Waals surface area contributed by atoms with Crippen molar-refractivity contribution in [2.75, 3.05) is 7.11 Å². The Morgan fingerprint density at radius 3 is 2.88 bits per heavy atom. The van der Waals surface area contributed by atoms with Crippen molar-refractivity contribution in [3.63, 3.8) is 0 Å². The first-order valence-electron chi connectivity index (χ1n) is 5.19. The Bertz CT molecular complexity index is 596. The molecule has 2 aromatic rings. The average Bonchev–Trinajstić information content (AvgIpc) is 2.60. The Kier molecular flexibility index (Phi) is 2.87. The van der Waals surface area contributed by atoms with Gasteiger partial charge < -0.3 is 14.8 Å². The maximum atomic E-state index is 10.5. The number of hydrogen-bond acceptors (Lipinski definition) is 2. The molecule has 1 heterocycles. The van der Waals surface area contributed by atoms with Crippen molar-refractivity contribution in [2.24, 2.45) is 0 Å². The summed E-state index contributed by atoms with van der Waals surface area (Å²) >= 11 is 0. The Morgan fingerprint density at radius 2 is 2.24 bits per heavy atom. The van der Waals surface area contributed by atoms with Gasteiger partial charge in [-0.1, -0.05) is 0 Å². The third-order valence-electron chi connectivity index (χ3n) is 2.64. The molecule has 0 atom stereocenters. The van der Waals surface area contributed by atoms with Crippen molar-refractivity contribution >= 4 is 22.9 Å². The molecule has 0 amide bonds. The van der Waals surface area contributed by atoms with E-state index in [4.69, 9.17) is 9.84 Å². The fraction of sp³-hybridized carbons (Fsp3) is 0.154. The van der Waals surface area contributed by atoms with Gasteiger partial charge in [0.05, 0.1) is 7.11 Å². The number of aromatic amines is 1. The van der Waals surface area contributed by atoms with Gasteiger partial charge in [0.1, 0.15) is 5.75 Å². The molecular weight excluding hydrogens is 218 g/mol. The number of H-pyrrole nitrogens is 1. The lowest BCUT2D eigenvalue weighted by molar-refractivity contribution is -0.131. The minimum atomic E-state index is -0.952. The summed E-state index contributed by atoms with van der Waals surface area (Å²) in [5.74, 6) is -0.181. The molecule has 0 aliphatic rings. The van der Waals surface area contributed by atoms with E-state index in [9.17, 15) is 4.79 Å². The Labute approximate surface area is 98.5 Å². The summed E-state index contributed by atoms with van der Waals surface area (Å²) in [4.78, 5) is 13.7. The molecule has 4 heteroatoms. The van der Waals surface area contributed by atoms with E-state index in [1.54, 1.807) is 13.2 Å². The highest BCUT2D eigenvalue weighted by Crippen LogP contribution is 2.26. The molecule has 0 saturated carbocycles. The fourth-order valence-electron chi connectivity index (χ4n) is 1.83. The van der Waals surface area contributed by atoms with E-state index in [1.165, 1.54) is 0 Å². The van der Waals surface area contributed by atoms with Gasteiger partial charge in [0.25, 0.3) is 0 Å². The maximum absolute atomic E-state index is 10.5. The third kappa shape index (κ3) is 2.15. The highest BCUT2D eigenvalue weighted by molar-refractivity contribution is 5.95. The number of rotatable bonds is 3. The summed E-state index contributed by atoms with van der Waals surface area (Å²) in [6, 6.07) is 5.66. The number of benzene rings is 1. The van der Waals surface area contributed by atoms with Crippen LogP contribution in [0.4, 0.5) is 0 Å². The highest BCUT2D eigenvalue weighted by atomic mass is 16.5. The molecule has 0 unspecified atom stereocenters. The van der Waals surface area contributed by atoms with Gasteiger partial charge in [-0.25, -0.2) is 4.79 Å². The summed E-state index contributed by atoms with van der Waals surface area (Å²) in [6.07, 6.45) is 2.74. The largest absolute Gasteiger partial charge is 0.497 e. The van der Waals surface area contributed by atoms with Crippen LogP contribution in [0.5, 0.6) is 5.75 Å². The van der Waals surface area contributed by atoms with Gasteiger partial charge in [-0.2, -0.15) is 0 Å². The number of methoxy groups -OCH3 is 1. The molecule has 0 bridgehead atoms. The van der Waals surface area contributed by atoms with Crippen LogP contribution in [0.2, 0.25) is 0 Å². The van der Waals surface area contributed by atoms with Crippen molar-refractivity contribution in [3.05, 3.63) is 35.5 Å². The Morgan fingerprint density at radius 1 is 1.47 bits per heavy atom. The lowest BCUT2D eigenvalue weighted by Crippen LogP contribution is -1.86. The number of nitrogens with one attached hydrogen (secondary N) is 1. The zero-order chi connectivity index (χ0) is 12.4. The summed E-state index contributed by atoms with van der Waals surface area (Å²) in [6.45, 7) is 1.91. The van der Waals surface area contributed by atoms with Gasteiger partial charge >= 0.3 is 5.97 Å². The van der Waals surface area contributed by atoms with E-state index in [0.717, 1.165) is 34.0 Å². The molecule has 0 spiro atoms. The Hall–Kier alpha value is -2.23. The molecule has 0 radical (unpaired) electrons. The SMILES string of the molecule is COc1ccc2c(/C=C/C(=O)O)c(C)[nH]c2c1. The zero-order valence-corrected chi connectivity index (χ0v) is 9.65. The van der Waals surface area contributed by atoms with Gasteiger partial charge in [0.15, 0.2) is 0 Å². The molecule has 1 aromatic carbocycles. The first-order valence-corrected chi connectivity index (χ1v) is 5.19. The first kappa shape index (κ1) is 11.3. The lowest BCUT2D eigenvalue weighted by Gasteiger charge is -1.98. The van der Waals surface area contributed by atoms with E-state index in [0.29, 0.717) is 0 Å². The van der Waals surface area contributed by atoms with Gasteiger partial charge in [0, 0.05) is 34.3 Å². The second-order valence-corrected chi connectivity index (χ2v) is 3.75. The van der Waals surface area contributed by atoms with Crippen LogP contribution in [0, 0.1) is 6.92 Å².